The Morgan fingerprint density at radius 3 is 2.80 bits per heavy atom. The van der Waals surface area contributed by atoms with Crippen LogP contribution < -0.4 is 25.5 Å². The number of fused-ring (bicyclic) bond motifs is 1. The minimum absolute atomic E-state index is 0.00201. The first-order valence-electron chi connectivity index (χ1n) is 9.54. The van der Waals surface area contributed by atoms with Gasteiger partial charge >= 0.3 is 4.87 Å². The lowest BCUT2D eigenvalue weighted by Crippen LogP contribution is -2.14. The number of rotatable bonds is 4. The summed E-state index contributed by atoms with van der Waals surface area (Å²) < 4.78 is 5.98. The Bertz CT molecular complexity index is 1380. The van der Waals surface area contributed by atoms with Gasteiger partial charge in [0.05, 0.1) is 22.0 Å². The number of aromatic nitrogens is 2. The van der Waals surface area contributed by atoms with Gasteiger partial charge in [0.2, 0.25) is 11.8 Å². The lowest BCUT2D eigenvalue weighted by atomic mass is 10.2. The predicted octanol–water partition coefficient (Wildman–Crippen LogP) is 1.86. The van der Waals surface area contributed by atoms with Crippen molar-refractivity contribution in [2.45, 2.75) is 26.9 Å². The number of nitrogens with one attached hydrogen (secondary N) is 2. The zero-order valence-corrected chi connectivity index (χ0v) is 17.6. The number of pyridine rings is 1. The number of hydrogen-bond acceptors (Lipinski definition) is 6. The van der Waals surface area contributed by atoms with Gasteiger partial charge in [0.15, 0.2) is 0 Å². The maximum atomic E-state index is 11.3. The first kappa shape index (κ1) is 19.8. The average Bonchev–Trinajstić information content (AvgIpc) is 3.24. The summed E-state index contributed by atoms with van der Waals surface area (Å²) in [6.45, 7) is 6.53. The number of hydrogen-bond donors (Lipinski definition) is 3. The summed E-state index contributed by atoms with van der Waals surface area (Å²) >= 11 is 0.944. The maximum Gasteiger partial charge on any atom is 0.307 e. The van der Waals surface area contributed by atoms with Crippen LogP contribution in [-0.4, -0.2) is 33.7 Å². The zero-order valence-electron chi connectivity index (χ0n) is 16.8. The van der Waals surface area contributed by atoms with E-state index in [-0.39, 0.29) is 16.9 Å². The Kier molecular flexibility index (Phi) is 5.37. The molecule has 0 saturated heterocycles. The standard InChI is InChI=1S/C21H21N5O3S/c1-4-22-20-24-15-8-13(9-16(18(15)25-20)29-11(2)3)14-6-5-12(10-23-14)7-17-19(27)26-21(28)30-17/h5-11,27H,4H2,1-3H3,(H,22,24)(H,26,28). The minimum Gasteiger partial charge on any atom is -0.493 e. The van der Waals surface area contributed by atoms with Crippen molar-refractivity contribution in [3.63, 3.8) is 0 Å². The molecule has 0 spiro atoms. The molecule has 0 saturated carbocycles. The molecule has 0 fully saturated rings. The molecule has 1 aliphatic heterocycles. The van der Waals surface area contributed by atoms with Crippen LogP contribution in [0.25, 0.3) is 6.08 Å². The molecule has 1 aliphatic rings. The second-order valence-corrected chi connectivity index (χ2v) is 7.94. The fraction of sp³-hybridized carbons (Fsp3) is 0.238. The number of nitrogens with zero attached hydrogens (tertiary/aromatic N) is 3. The number of guanidine groups is 1. The van der Waals surface area contributed by atoms with Crippen LogP contribution >= 0.6 is 11.3 Å². The van der Waals surface area contributed by atoms with Gasteiger partial charge < -0.3 is 15.2 Å². The van der Waals surface area contributed by atoms with E-state index in [0.717, 1.165) is 38.2 Å². The molecule has 8 nitrogen and oxygen atoms in total. The predicted molar refractivity (Wildman–Crippen MR) is 117 cm³/mol. The van der Waals surface area contributed by atoms with Crippen LogP contribution in [0.15, 0.2) is 45.2 Å². The van der Waals surface area contributed by atoms with Crippen LogP contribution in [0.5, 0.6) is 11.6 Å². The number of H-pyrrole nitrogens is 1. The van der Waals surface area contributed by atoms with Gasteiger partial charge in [0.25, 0.3) is 0 Å². The van der Waals surface area contributed by atoms with Crippen LogP contribution in [-0.2, 0) is 0 Å². The zero-order chi connectivity index (χ0) is 21.3. The number of ether oxygens (including phenoxy) is 1. The van der Waals surface area contributed by atoms with Gasteiger partial charge in [-0.25, -0.2) is 4.99 Å². The van der Waals surface area contributed by atoms with Crippen LogP contribution in [0.3, 0.4) is 0 Å². The molecule has 1 aromatic carbocycles. The Balaban J connectivity index is 1.84. The van der Waals surface area contributed by atoms with E-state index >= 15 is 0 Å². The van der Waals surface area contributed by atoms with Gasteiger partial charge in [-0.15, -0.1) is 0 Å². The van der Waals surface area contributed by atoms with Gasteiger partial charge in [-0.1, -0.05) is 17.4 Å². The highest BCUT2D eigenvalue weighted by Crippen LogP contribution is 2.18. The van der Waals surface area contributed by atoms with E-state index in [0.29, 0.717) is 23.1 Å². The fourth-order valence-corrected chi connectivity index (χ4v) is 3.72. The maximum absolute atomic E-state index is 11.3. The van der Waals surface area contributed by atoms with Gasteiger partial charge in [-0.2, -0.15) is 0 Å². The Morgan fingerprint density at radius 1 is 1.33 bits per heavy atom. The third-order valence-electron chi connectivity index (χ3n) is 4.25. The summed E-state index contributed by atoms with van der Waals surface area (Å²) in [5.74, 6) is 1.11. The molecule has 0 aliphatic carbocycles. The first-order chi connectivity index (χ1) is 14.4. The topological polar surface area (TPSA) is 112 Å². The molecule has 154 valence electrons. The number of aromatic hydroxyl groups is 1. The fourth-order valence-electron chi connectivity index (χ4n) is 3.03. The minimum atomic E-state index is -0.303. The van der Waals surface area contributed by atoms with Crippen LogP contribution in [0.2, 0.25) is 0 Å². The molecule has 0 amide bonds. The van der Waals surface area contributed by atoms with Crippen molar-refractivity contribution >= 4 is 29.1 Å². The highest BCUT2D eigenvalue weighted by atomic mass is 32.1. The average molecular weight is 423 g/mol. The van der Waals surface area contributed by atoms with Crippen molar-refractivity contribution in [3.05, 3.63) is 66.2 Å². The molecular weight excluding hydrogens is 402 g/mol. The lowest BCUT2D eigenvalue weighted by molar-refractivity contribution is 0.239. The van der Waals surface area contributed by atoms with Crippen LogP contribution in [0, 0.1) is 10.6 Å². The van der Waals surface area contributed by atoms with E-state index in [4.69, 9.17) is 4.74 Å². The molecule has 0 unspecified atom stereocenters. The Hall–Kier alpha value is -3.46. The van der Waals surface area contributed by atoms with Gasteiger partial charge in [0, 0.05) is 18.0 Å². The lowest BCUT2D eigenvalue weighted by Gasteiger charge is -2.10. The molecule has 3 heterocycles. The summed E-state index contributed by atoms with van der Waals surface area (Å²) in [4.78, 5) is 27.3. The van der Waals surface area contributed by atoms with Crippen molar-refractivity contribution in [1.82, 2.24) is 9.97 Å². The van der Waals surface area contributed by atoms with Gasteiger partial charge in [-0.3, -0.25) is 19.8 Å². The largest absolute Gasteiger partial charge is 0.493 e. The number of benzene rings is 1. The molecule has 2 aromatic heterocycles. The Labute approximate surface area is 175 Å². The molecule has 3 N–H and O–H groups in total. The summed E-state index contributed by atoms with van der Waals surface area (Å²) in [7, 11) is 0. The van der Waals surface area contributed by atoms with E-state index < -0.39 is 0 Å². The van der Waals surface area contributed by atoms with Crippen molar-refractivity contribution in [1.29, 1.82) is 0 Å². The molecule has 4 rings (SSSR count). The van der Waals surface area contributed by atoms with Crippen LogP contribution in [0.1, 0.15) is 25.6 Å². The highest BCUT2D eigenvalue weighted by molar-refractivity contribution is 7.10. The van der Waals surface area contributed by atoms with Gasteiger partial charge in [-0.05, 0) is 50.3 Å². The third kappa shape index (κ3) is 4.11. The number of anilines is 1. The quantitative estimate of drug-likeness (QED) is 0.593. The van der Waals surface area contributed by atoms with E-state index in [1.54, 1.807) is 12.3 Å². The number of thiazole rings is 1. The van der Waals surface area contributed by atoms with E-state index in [1.165, 1.54) is 0 Å². The highest BCUT2D eigenvalue weighted by Gasteiger charge is 2.15. The molecule has 3 aromatic rings. The normalized spacial score (nSPS) is 15.9. The molecule has 30 heavy (non-hydrogen) atoms. The summed E-state index contributed by atoms with van der Waals surface area (Å²) in [5.41, 5.74) is 0.829. The van der Waals surface area contributed by atoms with Crippen molar-refractivity contribution in [3.8, 4) is 11.6 Å². The van der Waals surface area contributed by atoms with E-state index in [9.17, 15) is 9.90 Å². The second-order valence-electron chi connectivity index (χ2n) is 6.92. The third-order valence-corrected chi connectivity index (χ3v) is 5.06. The van der Waals surface area contributed by atoms with E-state index in [2.05, 4.69) is 25.3 Å². The van der Waals surface area contributed by atoms with E-state index in [1.807, 2.05) is 45.0 Å². The molecule has 0 atom stereocenters. The summed E-state index contributed by atoms with van der Waals surface area (Å²) in [6.07, 6.45) is 3.40. The van der Waals surface area contributed by atoms with Gasteiger partial charge in [0.1, 0.15) is 11.1 Å². The monoisotopic (exact) mass is 423 g/mol. The SMILES string of the molecule is CCN=C1N=c2c(cc(=c3ccc(=Cc4sc(=O)[nH]c4O)cn3)cc2OC(C)C)N1. The van der Waals surface area contributed by atoms with Crippen molar-refractivity contribution in [2.75, 3.05) is 11.9 Å². The second kappa shape index (κ2) is 8.11. The summed E-state index contributed by atoms with van der Waals surface area (Å²) in [5, 5.41) is 16.1. The van der Waals surface area contributed by atoms with Crippen molar-refractivity contribution < 1.29 is 9.84 Å². The molecule has 9 heteroatoms. The number of aliphatic imine (C=N–C) groups is 1. The smallest absolute Gasteiger partial charge is 0.307 e. The molecular formula is C21H21N5O3S. The number of aromatic amines is 1. The molecule has 0 radical (unpaired) electrons. The Morgan fingerprint density at radius 2 is 2.17 bits per heavy atom. The first-order valence-corrected chi connectivity index (χ1v) is 10.4. The van der Waals surface area contributed by atoms with Crippen LogP contribution in [0.4, 0.5) is 5.69 Å². The molecule has 0 bridgehead atoms. The summed E-state index contributed by atoms with van der Waals surface area (Å²) in [6, 6.07) is 7.66. The van der Waals surface area contributed by atoms with Crippen molar-refractivity contribution in [2.24, 2.45) is 9.98 Å².